The van der Waals surface area contributed by atoms with Crippen LogP contribution in [0.1, 0.15) is 33.4 Å². The Morgan fingerprint density at radius 1 is 0.562 bits per heavy atom. The van der Waals surface area contributed by atoms with E-state index in [1.165, 1.54) is 11.1 Å². The molecule has 16 heavy (non-hydrogen) atoms. The zero-order chi connectivity index (χ0) is 12.3. The molecule has 0 aromatic heterocycles. The van der Waals surface area contributed by atoms with Crippen LogP contribution in [-0.4, -0.2) is 0 Å². The molecule has 0 aliphatic carbocycles. The molecular weight excluding hydrogens is 192 g/mol. The first-order chi connectivity index (χ1) is 7.62. The van der Waals surface area contributed by atoms with Gasteiger partial charge in [-0.15, -0.1) is 0 Å². The lowest BCUT2D eigenvalue weighted by Gasteiger charge is -2.17. The first-order valence-electron chi connectivity index (χ1n) is 5.29. The van der Waals surface area contributed by atoms with E-state index >= 15 is 0 Å². The van der Waals surface area contributed by atoms with Crippen molar-refractivity contribution in [1.82, 2.24) is 0 Å². The Bertz CT molecular complexity index is 438. The molecular formula is C16H18. The van der Waals surface area contributed by atoms with Gasteiger partial charge < -0.3 is 0 Å². The molecule has 0 spiro atoms. The highest BCUT2D eigenvalue weighted by molar-refractivity contribution is 5.80. The zero-order valence-electron chi connectivity index (χ0n) is 10.1. The zero-order valence-corrected chi connectivity index (χ0v) is 10.1. The molecule has 0 unspecified atom stereocenters. The van der Waals surface area contributed by atoms with Gasteiger partial charge in [0.15, 0.2) is 0 Å². The van der Waals surface area contributed by atoms with E-state index in [-0.39, 0.29) is 0 Å². The largest absolute Gasteiger partial charge is 0.0984 e. The summed E-state index contributed by atoms with van der Waals surface area (Å²) in [6.07, 6.45) is 7.48. The summed E-state index contributed by atoms with van der Waals surface area (Å²) in [5.41, 5.74) is 6.89. The van der Waals surface area contributed by atoms with Gasteiger partial charge in [-0.3, -0.25) is 0 Å². The summed E-state index contributed by atoms with van der Waals surface area (Å²) in [7, 11) is 0. The smallest absolute Gasteiger partial charge is 0.0112 e. The van der Waals surface area contributed by atoms with Crippen LogP contribution < -0.4 is 0 Å². The maximum absolute atomic E-state index is 3.86. The van der Waals surface area contributed by atoms with Gasteiger partial charge in [0.1, 0.15) is 0 Å². The molecule has 0 heteroatoms. The fourth-order valence-electron chi connectivity index (χ4n) is 2.17. The van der Waals surface area contributed by atoms with Gasteiger partial charge in [-0.25, -0.2) is 0 Å². The predicted molar refractivity (Wildman–Crippen MR) is 76.3 cm³/mol. The maximum Gasteiger partial charge on any atom is -0.0112 e. The van der Waals surface area contributed by atoms with Crippen molar-refractivity contribution in [3.63, 3.8) is 0 Å². The molecule has 0 heterocycles. The van der Waals surface area contributed by atoms with Crippen molar-refractivity contribution >= 4 is 24.3 Å². The van der Waals surface area contributed by atoms with Crippen LogP contribution in [0, 0.1) is 13.8 Å². The van der Waals surface area contributed by atoms with Crippen LogP contribution in [-0.2, 0) is 0 Å². The fraction of sp³-hybridized carbons (Fsp3) is 0.125. The van der Waals surface area contributed by atoms with Crippen molar-refractivity contribution in [2.24, 2.45) is 0 Å². The average Bonchev–Trinajstić information content (AvgIpc) is 2.29. The lowest BCUT2D eigenvalue weighted by Crippen LogP contribution is -1.99. The summed E-state index contributed by atoms with van der Waals surface area (Å²) in [6.45, 7) is 19.6. The maximum atomic E-state index is 3.86. The molecule has 0 radical (unpaired) electrons. The van der Waals surface area contributed by atoms with E-state index in [1.54, 1.807) is 0 Å². The molecule has 0 atom stereocenters. The van der Waals surface area contributed by atoms with Gasteiger partial charge in [0.25, 0.3) is 0 Å². The summed E-state index contributed by atoms with van der Waals surface area (Å²) in [5, 5.41) is 0. The summed E-state index contributed by atoms with van der Waals surface area (Å²) >= 11 is 0. The molecule has 0 amide bonds. The Morgan fingerprint density at radius 2 is 0.875 bits per heavy atom. The summed E-state index contributed by atoms with van der Waals surface area (Å²) in [5.74, 6) is 0. The lowest BCUT2D eigenvalue weighted by molar-refractivity contribution is 1.31. The number of benzene rings is 1. The Labute approximate surface area is 98.3 Å². The van der Waals surface area contributed by atoms with Crippen molar-refractivity contribution in [2.45, 2.75) is 13.8 Å². The van der Waals surface area contributed by atoms with E-state index in [9.17, 15) is 0 Å². The number of hydrogen-bond acceptors (Lipinski definition) is 0. The van der Waals surface area contributed by atoms with Crippen LogP contribution in [0.3, 0.4) is 0 Å². The average molecular weight is 210 g/mol. The van der Waals surface area contributed by atoms with Crippen molar-refractivity contribution in [3.05, 3.63) is 59.7 Å². The second kappa shape index (κ2) is 4.80. The molecule has 1 aromatic rings. The first kappa shape index (κ1) is 12.3. The minimum absolute atomic E-state index is 1.10. The monoisotopic (exact) mass is 210 g/mol. The van der Waals surface area contributed by atoms with Crippen LogP contribution in [0.15, 0.2) is 26.3 Å². The van der Waals surface area contributed by atoms with Crippen LogP contribution in [0.5, 0.6) is 0 Å². The molecule has 0 aliphatic heterocycles. The molecule has 0 saturated carbocycles. The summed E-state index contributed by atoms with van der Waals surface area (Å²) < 4.78 is 0. The molecule has 0 saturated heterocycles. The van der Waals surface area contributed by atoms with Crippen LogP contribution in [0.4, 0.5) is 0 Å². The minimum Gasteiger partial charge on any atom is -0.0984 e. The van der Waals surface area contributed by atoms with Crippen LogP contribution in [0.25, 0.3) is 24.3 Å². The van der Waals surface area contributed by atoms with Crippen molar-refractivity contribution in [3.8, 4) is 0 Å². The second-order valence-electron chi connectivity index (χ2n) is 3.72. The van der Waals surface area contributed by atoms with Gasteiger partial charge in [-0.2, -0.15) is 0 Å². The molecule has 0 aliphatic rings. The lowest BCUT2D eigenvalue weighted by atomic mass is 9.87. The SMILES string of the molecule is C=Cc1c(C)c(C=C)c(C=C)c(C=C)c1C. The van der Waals surface area contributed by atoms with E-state index in [0.29, 0.717) is 0 Å². The molecule has 1 rings (SSSR count). The Morgan fingerprint density at radius 3 is 1.12 bits per heavy atom. The van der Waals surface area contributed by atoms with E-state index in [0.717, 1.165) is 22.3 Å². The quantitative estimate of drug-likeness (QED) is 0.664. The Balaban J connectivity index is 3.88. The predicted octanol–water partition coefficient (Wildman–Crippen LogP) is 4.88. The number of hydrogen-bond donors (Lipinski definition) is 0. The van der Waals surface area contributed by atoms with Crippen LogP contribution >= 0.6 is 0 Å². The van der Waals surface area contributed by atoms with Crippen molar-refractivity contribution in [1.29, 1.82) is 0 Å². The molecule has 0 nitrogen and oxygen atoms in total. The molecule has 82 valence electrons. The Kier molecular flexibility index (Phi) is 3.68. The molecule has 0 bridgehead atoms. The van der Waals surface area contributed by atoms with E-state index in [4.69, 9.17) is 0 Å². The van der Waals surface area contributed by atoms with Crippen LogP contribution in [0.2, 0.25) is 0 Å². The van der Waals surface area contributed by atoms with Crippen molar-refractivity contribution in [2.75, 3.05) is 0 Å². The topological polar surface area (TPSA) is 0 Å². The normalized spacial score (nSPS) is 9.62. The molecule has 0 N–H and O–H groups in total. The number of rotatable bonds is 4. The van der Waals surface area contributed by atoms with E-state index in [2.05, 4.69) is 40.2 Å². The third kappa shape index (κ3) is 1.67. The van der Waals surface area contributed by atoms with Gasteiger partial charge in [0, 0.05) is 0 Å². The highest BCUT2D eigenvalue weighted by atomic mass is 14.2. The fourth-order valence-corrected chi connectivity index (χ4v) is 2.17. The van der Waals surface area contributed by atoms with E-state index in [1.807, 2.05) is 24.3 Å². The standard InChI is InChI=1S/C16H18/c1-7-13-11(5)14(8-2)16(10-4)15(9-3)12(13)6/h7-10H,1-4H2,5-6H3. The minimum atomic E-state index is 1.10. The highest BCUT2D eigenvalue weighted by Crippen LogP contribution is 2.30. The summed E-state index contributed by atoms with van der Waals surface area (Å²) in [6, 6.07) is 0. The molecule has 1 aromatic carbocycles. The van der Waals surface area contributed by atoms with Gasteiger partial charge in [0.05, 0.1) is 0 Å². The van der Waals surface area contributed by atoms with Crippen molar-refractivity contribution < 1.29 is 0 Å². The van der Waals surface area contributed by atoms with E-state index < -0.39 is 0 Å². The third-order valence-electron chi connectivity index (χ3n) is 3.01. The highest BCUT2D eigenvalue weighted by Gasteiger charge is 2.12. The van der Waals surface area contributed by atoms with Gasteiger partial charge in [-0.1, -0.05) is 50.6 Å². The Hall–Kier alpha value is -1.82. The first-order valence-corrected chi connectivity index (χ1v) is 5.29. The second-order valence-corrected chi connectivity index (χ2v) is 3.72. The van der Waals surface area contributed by atoms with Gasteiger partial charge in [0.2, 0.25) is 0 Å². The van der Waals surface area contributed by atoms with Gasteiger partial charge in [-0.05, 0) is 47.2 Å². The third-order valence-corrected chi connectivity index (χ3v) is 3.01. The summed E-state index contributed by atoms with van der Waals surface area (Å²) in [4.78, 5) is 0. The van der Waals surface area contributed by atoms with Gasteiger partial charge >= 0.3 is 0 Å². The molecule has 0 fully saturated rings.